The number of hydrogen-bond acceptors (Lipinski definition) is 0. The van der Waals surface area contributed by atoms with Crippen LogP contribution in [0.1, 0.15) is 77.6 Å². The van der Waals surface area contributed by atoms with E-state index in [4.69, 9.17) is 0 Å². The number of unbranched alkanes of at least 4 members (excludes halogenated alkanes) is 9. The van der Waals surface area contributed by atoms with Crippen molar-refractivity contribution in [1.29, 1.82) is 0 Å². The van der Waals surface area contributed by atoms with Gasteiger partial charge in [-0.3, -0.25) is 0 Å². The summed E-state index contributed by atoms with van der Waals surface area (Å²) in [6, 6.07) is 22.7. The van der Waals surface area contributed by atoms with Crippen molar-refractivity contribution in [3.63, 3.8) is 0 Å². The molecule has 2 aromatic rings. The van der Waals surface area contributed by atoms with E-state index in [0.29, 0.717) is 0 Å². The van der Waals surface area contributed by atoms with E-state index in [0.717, 1.165) is 2.01 Å². The summed E-state index contributed by atoms with van der Waals surface area (Å²) in [6.45, 7) is 2.30. The summed E-state index contributed by atoms with van der Waals surface area (Å²) in [7, 11) is 0. The van der Waals surface area contributed by atoms with E-state index < -0.39 is 0 Å². The molecule has 27 heavy (non-hydrogen) atoms. The average Bonchev–Trinajstić information content (AvgIpc) is 2.71. The second-order valence-electron chi connectivity index (χ2n) is 7.26. The van der Waals surface area contributed by atoms with Gasteiger partial charge in [-0.2, -0.15) is 0 Å². The summed E-state index contributed by atoms with van der Waals surface area (Å²) in [4.78, 5) is 0. The molecule has 0 aromatic heterocycles. The monoisotopic (exact) mass is 596 g/mol. The Morgan fingerprint density at radius 1 is 0.556 bits per heavy atom. The molecule has 0 aliphatic rings. The third-order valence-corrected chi connectivity index (χ3v) is 14.5. The van der Waals surface area contributed by atoms with Gasteiger partial charge in [-0.05, 0) is 0 Å². The molecule has 0 spiro atoms. The summed E-state index contributed by atoms with van der Waals surface area (Å²) in [6.07, 6.45) is 15.9. The molecule has 2 aromatic carbocycles. The average molecular weight is 592 g/mol. The van der Waals surface area contributed by atoms with Crippen LogP contribution in [0.5, 0.6) is 0 Å². The van der Waals surface area contributed by atoms with E-state index in [1.165, 1.54) is 70.6 Å². The van der Waals surface area contributed by atoms with Crippen LogP contribution in [0.2, 0.25) is 2.01 Å². The summed E-state index contributed by atoms with van der Waals surface area (Å²) in [5.74, 6) is 0. The fraction of sp³-hybridized carbons (Fsp3) is 0.520. The fourth-order valence-corrected chi connectivity index (χ4v) is 13.7. The zero-order valence-corrected chi connectivity index (χ0v) is 21.6. The molecule has 0 N–H and O–H groups in total. The molecular formula is C25H36Te2. The van der Waals surface area contributed by atoms with Crippen molar-refractivity contribution >= 4 is 49.1 Å². The zero-order valence-electron chi connectivity index (χ0n) is 16.9. The van der Waals surface area contributed by atoms with E-state index in [-0.39, 0.29) is 41.8 Å². The third-order valence-electron chi connectivity index (χ3n) is 4.81. The molecule has 0 unspecified atom stereocenters. The first-order valence-electron chi connectivity index (χ1n) is 10.8. The summed E-state index contributed by atoms with van der Waals surface area (Å²) >= 11 is -0.0981. The van der Waals surface area contributed by atoms with Gasteiger partial charge in [0, 0.05) is 0 Å². The normalized spacial score (nSPS) is 11.2. The van der Waals surface area contributed by atoms with E-state index in [1.54, 1.807) is 7.22 Å². The standard InChI is InChI=1S/C25H36Te2/c1-2-3-4-5-6-7-8-9-10-17-22-25(26-23-18-13-11-14-19-23)27-24-20-15-12-16-21-24/h11-16,18-21,25H,2-10,17,22H2,1H3. The molecule has 0 fully saturated rings. The van der Waals surface area contributed by atoms with Crippen LogP contribution in [0.15, 0.2) is 60.7 Å². The van der Waals surface area contributed by atoms with Crippen molar-refractivity contribution in [3.05, 3.63) is 60.7 Å². The SMILES string of the molecule is CCCCCCCCCCCCC([Te]c1ccccc1)[Te]c1ccccc1. The van der Waals surface area contributed by atoms with Crippen molar-refractivity contribution in [1.82, 2.24) is 0 Å². The van der Waals surface area contributed by atoms with Crippen LogP contribution >= 0.6 is 0 Å². The van der Waals surface area contributed by atoms with E-state index >= 15 is 0 Å². The maximum absolute atomic E-state index is 2.37. The Bertz CT molecular complexity index is 526. The van der Waals surface area contributed by atoms with Gasteiger partial charge in [0.25, 0.3) is 0 Å². The second-order valence-corrected chi connectivity index (χ2v) is 17.4. The maximum atomic E-state index is 2.37. The first kappa shape index (κ1) is 23.3. The predicted octanol–water partition coefficient (Wildman–Crippen LogP) is 6.10. The van der Waals surface area contributed by atoms with Crippen LogP contribution in [-0.4, -0.2) is 41.8 Å². The number of hydrogen-bond donors (Lipinski definition) is 0. The van der Waals surface area contributed by atoms with Gasteiger partial charge in [0.05, 0.1) is 0 Å². The molecule has 0 atom stereocenters. The predicted molar refractivity (Wildman–Crippen MR) is 124 cm³/mol. The van der Waals surface area contributed by atoms with Crippen molar-refractivity contribution < 1.29 is 0 Å². The summed E-state index contributed by atoms with van der Waals surface area (Å²) in [5.41, 5.74) is 0. The van der Waals surface area contributed by atoms with Gasteiger partial charge in [0.2, 0.25) is 0 Å². The molecule has 0 saturated heterocycles. The van der Waals surface area contributed by atoms with Gasteiger partial charge >= 0.3 is 182 Å². The minimum atomic E-state index is -0.0490. The molecule has 2 rings (SSSR count). The Hall–Kier alpha value is 0.0192. The first-order valence-corrected chi connectivity index (χ1v) is 15.8. The van der Waals surface area contributed by atoms with E-state index in [2.05, 4.69) is 67.6 Å². The summed E-state index contributed by atoms with van der Waals surface area (Å²) < 4.78 is 4.33. The van der Waals surface area contributed by atoms with Crippen LogP contribution in [0.25, 0.3) is 0 Å². The van der Waals surface area contributed by atoms with Gasteiger partial charge in [-0.25, -0.2) is 0 Å². The minimum absolute atomic E-state index is 0.0490. The Morgan fingerprint density at radius 3 is 1.41 bits per heavy atom. The molecular weight excluding hydrogens is 555 g/mol. The Morgan fingerprint density at radius 2 is 0.963 bits per heavy atom. The topological polar surface area (TPSA) is 0 Å². The number of rotatable bonds is 15. The molecule has 0 nitrogen and oxygen atoms in total. The molecule has 2 heteroatoms. The van der Waals surface area contributed by atoms with Gasteiger partial charge in [0.15, 0.2) is 0 Å². The molecule has 0 aliphatic heterocycles. The number of benzene rings is 2. The van der Waals surface area contributed by atoms with Crippen LogP contribution in [0.3, 0.4) is 0 Å². The second kappa shape index (κ2) is 15.9. The van der Waals surface area contributed by atoms with Crippen molar-refractivity contribution in [2.24, 2.45) is 0 Å². The molecule has 0 radical (unpaired) electrons. The molecule has 148 valence electrons. The zero-order chi connectivity index (χ0) is 19.0. The van der Waals surface area contributed by atoms with Gasteiger partial charge in [0.1, 0.15) is 0 Å². The van der Waals surface area contributed by atoms with Crippen LogP contribution < -0.4 is 7.22 Å². The molecule has 0 saturated carbocycles. The summed E-state index contributed by atoms with van der Waals surface area (Å²) in [5, 5.41) is 0. The van der Waals surface area contributed by atoms with Crippen LogP contribution in [0, 0.1) is 0 Å². The Balaban J connectivity index is 1.66. The van der Waals surface area contributed by atoms with Gasteiger partial charge in [-0.15, -0.1) is 0 Å². The Labute approximate surface area is 188 Å². The van der Waals surface area contributed by atoms with Crippen LogP contribution in [0.4, 0.5) is 0 Å². The van der Waals surface area contributed by atoms with E-state index in [1.807, 2.05) is 0 Å². The van der Waals surface area contributed by atoms with Gasteiger partial charge in [-0.1, -0.05) is 6.92 Å². The quantitative estimate of drug-likeness (QED) is 0.173. The van der Waals surface area contributed by atoms with Gasteiger partial charge < -0.3 is 0 Å². The van der Waals surface area contributed by atoms with Crippen molar-refractivity contribution in [2.75, 3.05) is 0 Å². The first-order chi connectivity index (χ1) is 13.4. The molecule has 0 amide bonds. The molecule has 0 bridgehead atoms. The van der Waals surface area contributed by atoms with E-state index in [9.17, 15) is 0 Å². The molecule has 0 heterocycles. The Kier molecular flexibility index (Phi) is 13.7. The van der Waals surface area contributed by atoms with Crippen molar-refractivity contribution in [2.45, 2.75) is 79.6 Å². The molecule has 0 aliphatic carbocycles. The van der Waals surface area contributed by atoms with Crippen LogP contribution in [-0.2, 0) is 0 Å². The third kappa shape index (κ3) is 11.6. The van der Waals surface area contributed by atoms with Crippen molar-refractivity contribution in [3.8, 4) is 0 Å². The fourth-order valence-electron chi connectivity index (χ4n) is 3.24.